The Morgan fingerprint density at radius 3 is 2.14 bits per heavy atom. The van der Waals surface area contributed by atoms with E-state index in [9.17, 15) is 31.1 Å². The molecule has 1 aliphatic carbocycles. The summed E-state index contributed by atoms with van der Waals surface area (Å²) in [4.78, 5) is 13.9. The van der Waals surface area contributed by atoms with Gasteiger partial charge in [0.25, 0.3) is 0 Å². The average Bonchev–Trinajstić information content (AvgIpc) is 3.44. The molecule has 2 aromatic carbocycles. The molecule has 1 amide bonds. The van der Waals surface area contributed by atoms with Gasteiger partial charge in [-0.15, -0.1) is 0 Å². The topological polar surface area (TPSA) is 41.6 Å². The predicted molar refractivity (Wildman–Crippen MR) is 121 cm³/mol. The van der Waals surface area contributed by atoms with E-state index in [1.54, 1.807) is 0 Å². The lowest BCUT2D eigenvalue weighted by Crippen LogP contribution is -2.48. The average molecular weight is 515 g/mol. The lowest BCUT2D eigenvalue weighted by atomic mass is 9.91. The van der Waals surface area contributed by atoms with Gasteiger partial charge >= 0.3 is 12.4 Å². The summed E-state index contributed by atoms with van der Waals surface area (Å²) in [6.45, 7) is -0.0107. The molecule has 0 radical (unpaired) electrons. The molecule has 36 heavy (non-hydrogen) atoms. The van der Waals surface area contributed by atoms with Gasteiger partial charge in [-0.1, -0.05) is 30.3 Å². The Morgan fingerprint density at radius 1 is 0.944 bits per heavy atom. The van der Waals surface area contributed by atoms with Gasteiger partial charge in [0.2, 0.25) is 5.91 Å². The summed E-state index contributed by atoms with van der Waals surface area (Å²) in [5.74, 6) is -0.0471. The number of benzene rings is 2. The van der Waals surface area contributed by atoms with Crippen molar-refractivity contribution in [2.45, 2.75) is 68.7 Å². The molecule has 0 aromatic heterocycles. The molecule has 1 saturated heterocycles. The van der Waals surface area contributed by atoms with E-state index in [1.165, 1.54) is 0 Å². The van der Waals surface area contributed by atoms with Crippen molar-refractivity contribution in [1.82, 2.24) is 10.2 Å². The van der Waals surface area contributed by atoms with Gasteiger partial charge in [-0.25, -0.2) is 0 Å². The number of ether oxygens (including phenoxy) is 1. The molecule has 196 valence electrons. The van der Waals surface area contributed by atoms with E-state index in [4.69, 9.17) is 4.74 Å². The van der Waals surface area contributed by atoms with E-state index in [2.05, 4.69) is 10.2 Å². The number of amides is 1. The fraction of sp³-hybridized carbons (Fsp3) is 0.500. The second-order valence-corrected chi connectivity index (χ2v) is 9.44. The number of likely N-dealkylation sites (N-methyl/N-ethyl adjacent to an activating group) is 1. The van der Waals surface area contributed by atoms with Crippen molar-refractivity contribution in [2.75, 3.05) is 13.7 Å². The van der Waals surface area contributed by atoms with Crippen LogP contribution >= 0.6 is 0 Å². The zero-order valence-electron chi connectivity index (χ0n) is 19.7. The smallest absolute Gasteiger partial charge is 0.377 e. The molecular weight excluding hydrogens is 486 g/mol. The molecule has 0 unspecified atom stereocenters. The molecule has 0 spiro atoms. The molecule has 4 atom stereocenters. The third-order valence-corrected chi connectivity index (χ3v) is 7.10. The van der Waals surface area contributed by atoms with Crippen LogP contribution in [-0.4, -0.2) is 42.8 Å². The van der Waals surface area contributed by atoms with Gasteiger partial charge in [0, 0.05) is 18.4 Å². The molecule has 2 fully saturated rings. The van der Waals surface area contributed by atoms with Gasteiger partial charge < -0.3 is 10.1 Å². The van der Waals surface area contributed by atoms with Crippen molar-refractivity contribution in [3.05, 3.63) is 70.8 Å². The number of halogens is 6. The standard InChI is InChI=1S/C26H28F6N2O2/c1-34(22-9-10-23(35)33-22)20-7-8-21(24(20)17-5-3-2-4-6-17)36-12-11-16-13-18(25(27,28)29)15-19(14-16)26(30,31)32/h2-6,13-15,20-22,24H,7-12H2,1H3,(H,33,35)/t20-,21+,22+,24+/m1/s1. The number of rotatable bonds is 7. The fourth-order valence-corrected chi connectivity index (χ4v) is 5.32. The van der Waals surface area contributed by atoms with Crippen molar-refractivity contribution in [2.24, 2.45) is 0 Å². The van der Waals surface area contributed by atoms with Gasteiger partial charge in [0.15, 0.2) is 0 Å². The first-order valence-corrected chi connectivity index (χ1v) is 11.9. The minimum absolute atomic E-state index is 0.00761. The minimum atomic E-state index is -4.88. The Kier molecular flexibility index (Phi) is 7.66. The van der Waals surface area contributed by atoms with Crippen LogP contribution in [0, 0.1) is 0 Å². The van der Waals surface area contributed by atoms with Crippen LogP contribution in [0.5, 0.6) is 0 Å². The molecule has 2 aromatic rings. The zero-order valence-corrected chi connectivity index (χ0v) is 19.7. The monoisotopic (exact) mass is 514 g/mol. The van der Waals surface area contributed by atoms with E-state index in [-0.39, 0.29) is 54.8 Å². The predicted octanol–water partition coefficient (Wildman–Crippen LogP) is 5.77. The number of nitrogens with zero attached hydrogens (tertiary/aromatic N) is 1. The number of carbonyl (C=O) groups excluding carboxylic acids is 1. The Morgan fingerprint density at radius 2 is 1.58 bits per heavy atom. The first-order valence-electron chi connectivity index (χ1n) is 11.9. The van der Waals surface area contributed by atoms with Crippen molar-refractivity contribution < 1.29 is 35.9 Å². The number of nitrogens with one attached hydrogen (secondary N) is 1. The molecule has 4 rings (SSSR count). The minimum Gasteiger partial charge on any atom is -0.377 e. The molecule has 1 saturated carbocycles. The van der Waals surface area contributed by atoms with Crippen LogP contribution in [0.4, 0.5) is 26.3 Å². The van der Waals surface area contributed by atoms with E-state index < -0.39 is 23.5 Å². The van der Waals surface area contributed by atoms with Gasteiger partial charge in [0.05, 0.1) is 30.0 Å². The molecular formula is C26H28F6N2O2. The van der Waals surface area contributed by atoms with E-state index in [0.717, 1.165) is 24.1 Å². The Labute approximate surface area is 205 Å². The van der Waals surface area contributed by atoms with Crippen LogP contribution < -0.4 is 5.32 Å². The molecule has 1 heterocycles. The Balaban J connectivity index is 1.49. The van der Waals surface area contributed by atoms with Gasteiger partial charge in [-0.3, -0.25) is 9.69 Å². The van der Waals surface area contributed by atoms with Crippen LogP contribution in [-0.2, 0) is 28.3 Å². The van der Waals surface area contributed by atoms with Crippen LogP contribution in [0.3, 0.4) is 0 Å². The lowest BCUT2D eigenvalue weighted by Gasteiger charge is -2.35. The summed E-state index contributed by atoms with van der Waals surface area (Å²) >= 11 is 0. The highest BCUT2D eigenvalue weighted by molar-refractivity contribution is 5.78. The van der Waals surface area contributed by atoms with Gasteiger partial charge in [-0.2, -0.15) is 26.3 Å². The molecule has 1 aliphatic heterocycles. The summed E-state index contributed by atoms with van der Waals surface area (Å²) in [7, 11) is 1.96. The maximum absolute atomic E-state index is 13.2. The molecule has 1 N–H and O–H groups in total. The maximum Gasteiger partial charge on any atom is 0.416 e. The fourth-order valence-electron chi connectivity index (χ4n) is 5.32. The van der Waals surface area contributed by atoms with E-state index in [1.807, 2.05) is 37.4 Å². The highest BCUT2D eigenvalue weighted by atomic mass is 19.4. The largest absolute Gasteiger partial charge is 0.416 e. The van der Waals surface area contributed by atoms with Gasteiger partial charge in [0.1, 0.15) is 0 Å². The summed E-state index contributed by atoms with van der Waals surface area (Å²) < 4.78 is 85.2. The van der Waals surface area contributed by atoms with Crippen molar-refractivity contribution >= 4 is 5.91 Å². The normalized spacial score (nSPS) is 24.9. The molecule has 0 bridgehead atoms. The van der Waals surface area contributed by atoms with Crippen LogP contribution in [0.25, 0.3) is 0 Å². The maximum atomic E-state index is 13.2. The Hall–Kier alpha value is -2.59. The number of hydrogen-bond acceptors (Lipinski definition) is 3. The van der Waals surface area contributed by atoms with Crippen molar-refractivity contribution in [1.29, 1.82) is 0 Å². The third-order valence-electron chi connectivity index (χ3n) is 7.10. The number of alkyl halides is 6. The zero-order chi connectivity index (χ0) is 26.1. The van der Waals surface area contributed by atoms with Crippen molar-refractivity contribution in [3.8, 4) is 0 Å². The third kappa shape index (κ3) is 6.03. The lowest BCUT2D eigenvalue weighted by molar-refractivity contribution is -0.143. The second-order valence-electron chi connectivity index (χ2n) is 9.44. The number of hydrogen-bond donors (Lipinski definition) is 1. The molecule has 10 heteroatoms. The Bertz CT molecular complexity index is 1020. The van der Waals surface area contributed by atoms with E-state index >= 15 is 0 Å². The van der Waals surface area contributed by atoms with Gasteiger partial charge in [-0.05, 0) is 62.1 Å². The first kappa shape index (κ1) is 26.5. The van der Waals surface area contributed by atoms with Crippen LogP contribution in [0.2, 0.25) is 0 Å². The van der Waals surface area contributed by atoms with Crippen LogP contribution in [0.1, 0.15) is 53.9 Å². The van der Waals surface area contributed by atoms with Crippen LogP contribution in [0.15, 0.2) is 48.5 Å². The molecule has 4 nitrogen and oxygen atoms in total. The number of carbonyl (C=O) groups is 1. The second kappa shape index (κ2) is 10.4. The summed E-state index contributed by atoms with van der Waals surface area (Å²) in [5.41, 5.74) is -1.68. The SMILES string of the molecule is CN([C@@H]1CC[C@H](OCCc2cc(C(F)(F)F)cc(C(F)(F)F)c2)[C@H]1c1ccccc1)[C@H]1CCC(=O)N1. The quantitative estimate of drug-likeness (QED) is 0.478. The summed E-state index contributed by atoms with van der Waals surface area (Å²) in [5, 5.41) is 2.98. The first-order chi connectivity index (χ1) is 16.9. The highest BCUT2D eigenvalue weighted by Gasteiger charge is 2.43. The highest BCUT2D eigenvalue weighted by Crippen LogP contribution is 2.41. The summed E-state index contributed by atoms with van der Waals surface area (Å²) in [6, 6.07) is 11.4. The summed E-state index contributed by atoms with van der Waals surface area (Å²) in [6.07, 6.45) is -7.54. The molecule has 2 aliphatic rings. The van der Waals surface area contributed by atoms with Crippen molar-refractivity contribution in [3.63, 3.8) is 0 Å². The van der Waals surface area contributed by atoms with E-state index in [0.29, 0.717) is 19.3 Å².